The van der Waals surface area contributed by atoms with Gasteiger partial charge in [0.25, 0.3) is 0 Å². The Labute approximate surface area is 49.8 Å². The lowest BCUT2D eigenvalue weighted by Gasteiger charge is -2.00. The van der Waals surface area contributed by atoms with Crippen molar-refractivity contribution in [3.05, 3.63) is 0 Å². The molecule has 0 aliphatic carbocycles. The molecular formula is C2H6ClNO2S. The highest BCUT2D eigenvalue weighted by Crippen LogP contribution is 1.93. The lowest BCUT2D eigenvalue weighted by molar-refractivity contribution is 0.513. The topological polar surface area (TPSA) is 40.5 Å². The van der Waals surface area contributed by atoms with Crippen LogP contribution in [0, 0.1) is 0 Å². The van der Waals surface area contributed by atoms with Crippen molar-refractivity contribution >= 4 is 23.0 Å². The zero-order chi connectivity index (χ0) is 5.86. The quantitative estimate of drug-likeness (QED) is 0.454. The molecule has 0 heterocycles. The van der Waals surface area contributed by atoms with Crippen LogP contribution in [0.1, 0.15) is 6.92 Å². The third-order valence-corrected chi connectivity index (χ3v) is 1.61. The van der Waals surface area contributed by atoms with Crippen LogP contribution in [0.15, 0.2) is 0 Å². The molecule has 0 aliphatic heterocycles. The van der Waals surface area contributed by atoms with Gasteiger partial charge in [-0.3, -0.25) is 4.55 Å². The first-order valence-electron chi connectivity index (χ1n) is 1.72. The molecule has 0 radical (unpaired) electrons. The fourth-order valence-corrected chi connectivity index (χ4v) is 0.331. The van der Waals surface area contributed by atoms with Crippen molar-refractivity contribution < 1.29 is 8.76 Å². The minimum Gasteiger partial charge on any atom is -0.293 e. The van der Waals surface area contributed by atoms with Gasteiger partial charge in [-0.25, -0.2) is 4.21 Å². The van der Waals surface area contributed by atoms with Crippen molar-refractivity contribution in [3.8, 4) is 0 Å². The Bertz CT molecular complexity index is 78.1. The smallest absolute Gasteiger partial charge is 0.249 e. The number of hydrogen-bond donors (Lipinski definition) is 1. The third-order valence-electron chi connectivity index (χ3n) is 0.418. The standard InChI is InChI=1S/C2H6ClNO2S/c1-2-4(3)7(5)6/h2H2,1H3,(H,5,6). The lowest BCUT2D eigenvalue weighted by Crippen LogP contribution is -2.12. The summed E-state index contributed by atoms with van der Waals surface area (Å²) in [5, 5.41) is 0. The second-order valence-corrected chi connectivity index (χ2v) is 2.38. The lowest BCUT2D eigenvalue weighted by atomic mass is 10.8. The predicted molar refractivity (Wildman–Crippen MR) is 29.0 cm³/mol. The van der Waals surface area contributed by atoms with Gasteiger partial charge in [0.15, 0.2) is 0 Å². The summed E-state index contributed by atoms with van der Waals surface area (Å²) >= 11 is 3.07. The van der Waals surface area contributed by atoms with Gasteiger partial charge in [-0.1, -0.05) is 0 Å². The molecular weight excluding hydrogens is 138 g/mol. The SMILES string of the molecule is CCN(Cl)S(=O)O. The number of nitrogens with zero attached hydrogens (tertiary/aromatic N) is 1. The summed E-state index contributed by atoms with van der Waals surface area (Å²) in [7, 11) is 0. The Kier molecular flexibility index (Phi) is 3.55. The predicted octanol–water partition coefficient (Wildman–Crippen LogP) is 0.599. The molecule has 1 atom stereocenters. The fraction of sp³-hybridized carbons (Fsp3) is 1.00. The Morgan fingerprint density at radius 3 is 2.43 bits per heavy atom. The Morgan fingerprint density at radius 1 is 2.00 bits per heavy atom. The van der Waals surface area contributed by atoms with Gasteiger partial charge in [0.05, 0.1) is 0 Å². The summed E-state index contributed by atoms with van der Waals surface area (Å²) in [6.45, 7) is 2.05. The van der Waals surface area contributed by atoms with Crippen LogP contribution < -0.4 is 0 Å². The van der Waals surface area contributed by atoms with Crippen LogP contribution in [-0.2, 0) is 11.3 Å². The van der Waals surface area contributed by atoms with Crippen molar-refractivity contribution in [2.75, 3.05) is 6.54 Å². The summed E-state index contributed by atoms with van der Waals surface area (Å²) in [6.07, 6.45) is 0. The minimum atomic E-state index is -2.01. The second-order valence-electron chi connectivity index (χ2n) is 0.865. The molecule has 0 aromatic heterocycles. The Morgan fingerprint density at radius 2 is 2.43 bits per heavy atom. The van der Waals surface area contributed by atoms with Crippen LogP contribution in [0.4, 0.5) is 0 Å². The molecule has 0 aliphatic rings. The van der Waals surface area contributed by atoms with Crippen LogP contribution in [-0.4, -0.2) is 19.1 Å². The van der Waals surface area contributed by atoms with E-state index in [1.165, 1.54) is 0 Å². The van der Waals surface area contributed by atoms with E-state index in [0.717, 1.165) is 3.82 Å². The van der Waals surface area contributed by atoms with Crippen molar-refractivity contribution in [3.63, 3.8) is 0 Å². The highest BCUT2D eigenvalue weighted by atomic mass is 35.5. The van der Waals surface area contributed by atoms with E-state index in [9.17, 15) is 4.21 Å². The normalized spacial score (nSPS) is 14.9. The molecule has 44 valence electrons. The maximum absolute atomic E-state index is 9.84. The van der Waals surface area contributed by atoms with Gasteiger partial charge >= 0.3 is 0 Å². The first-order chi connectivity index (χ1) is 3.18. The summed E-state index contributed by atoms with van der Waals surface area (Å²) in [5.74, 6) is 0. The molecule has 0 saturated carbocycles. The van der Waals surface area contributed by atoms with E-state index >= 15 is 0 Å². The van der Waals surface area contributed by atoms with E-state index in [1.54, 1.807) is 6.92 Å². The van der Waals surface area contributed by atoms with Gasteiger partial charge < -0.3 is 0 Å². The summed E-state index contributed by atoms with van der Waals surface area (Å²) < 4.78 is 18.7. The van der Waals surface area contributed by atoms with E-state index in [4.69, 9.17) is 16.3 Å². The zero-order valence-electron chi connectivity index (χ0n) is 3.80. The largest absolute Gasteiger partial charge is 0.293 e. The maximum Gasteiger partial charge on any atom is 0.249 e. The van der Waals surface area contributed by atoms with Gasteiger partial charge in [0, 0.05) is 6.54 Å². The van der Waals surface area contributed by atoms with Gasteiger partial charge in [0.2, 0.25) is 11.3 Å². The monoisotopic (exact) mass is 143 g/mol. The number of hydrogen-bond acceptors (Lipinski definition) is 1. The summed E-state index contributed by atoms with van der Waals surface area (Å²) in [4.78, 5) is 0. The van der Waals surface area contributed by atoms with Crippen molar-refractivity contribution in [1.29, 1.82) is 0 Å². The van der Waals surface area contributed by atoms with Gasteiger partial charge in [-0.15, -0.1) is 3.82 Å². The van der Waals surface area contributed by atoms with Crippen LogP contribution >= 0.6 is 11.8 Å². The Balaban J connectivity index is 3.34. The minimum absolute atomic E-state index is 0.366. The molecule has 0 aromatic carbocycles. The molecule has 0 spiro atoms. The molecule has 0 bridgehead atoms. The van der Waals surface area contributed by atoms with E-state index in [2.05, 4.69) is 0 Å². The molecule has 0 aromatic rings. The summed E-state index contributed by atoms with van der Waals surface area (Å²) in [5.41, 5.74) is 0. The van der Waals surface area contributed by atoms with Crippen molar-refractivity contribution in [1.82, 2.24) is 3.82 Å². The van der Waals surface area contributed by atoms with Crippen LogP contribution in [0.3, 0.4) is 0 Å². The molecule has 0 saturated heterocycles. The molecule has 0 fully saturated rings. The maximum atomic E-state index is 9.84. The molecule has 5 heteroatoms. The molecule has 7 heavy (non-hydrogen) atoms. The van der Waals surface area contributed by atoms with E-state index in [-0.39, 0.29) is 0 Å². The Hall–Kier alpha value is 0.360. The first-order valence-corrected chi connectivity index (χ1v) is 3.13. The van der Waals surface area contributed by atoms with Crippen molar-refractivity contribution in [2.24, 2.45) is 0 Å². The average Bonchev–Trinajstić information content (AvgIpc) is 1.65. The highest BCUT2D eigenvalue weighted by Gasteiger charge is 1.99. The first kappa shape index (κ1) is 7.36. The van der Waals surface area contributed by atoms with Crippen molar-refractivity contribution in [2.45, 2.75) is 6.92 Å². The second kappa shape index (κ2) is 3.37. The van der Waals surface area contributed by atoms with E-state index in [0.29, 0.717) is 6.54 Å². The molecule has 1 N–H and O–H groups in total. The fourth-order valence-electron chi connectivity index (χ4n) is 0.110. The zero-order valence-corrected chi connectivity index (χ0v) is 5.37. The van der Waals surface area contributed by atoms with Gasteiger partial charge in [-0.05, 0) is 18.7 Å². The molecule has 0 amide bonds. The van der Waals surface area contributed by atoms with Gasteiger partial charge in [0.1, 0.15) is 0 Å². The van der Waals surface area contributed by atoms with Gasteiger partial charge in [-0.2, -0.15) is 0 Å². The average molecular weight is 144 g/mol. The van der Waals surface area contributed by atoms with E-state index in [1.807, 2.05) is 0 Å². The number of rotatable bonds is 2. The molecule has 0 rings (SSSR count). The van der Waals surface area contributed by atoms with Crippen LogP contribution in [0.5, 0.6) is 0 Å². The number of halogens is 1. The van der Waals surface area contributed by atoms with E-state index < -0.39 is 11.3 Å². The highest BCUT2D eigenvalue weighted by molar-refractivity contribution is 7.77. The molecule has 3 nitrogen and oxygen atoms in total. The molecule has 1 unspecified atom stereocenters. The third kappa shape index (κ3) is 2.99. The summed E-state index contributed by atoms with van der Waals surface area (Å²) in [6, 6.07) is 0. The van der Waals surface area contributed by atoms with Crippen LogP contribution in [0.25, 0.3) is 0 Å². The van der Waals surface area contributed by atoms with Crippen LogP contribution in [0.2, 0.25) is 0 Å².